The molecule has 2 rings (SSSR count). The quantitative estimate of drug-likeness (QED) is 0.619. The van der Waals surface area contributed by atoms with E-state index in [0.717, 1.165) is 17.2 Å². The van der Waals surface area contributed by atoms with Crippen LogP contribution in [0.5, 0.6) is 0 Å². The number of benzene rings is 1. The van der Waals surface area contributed by atoms with Gasteiger partial charge in [0.05, 0.1) is 13.2 Å². The maximum atomic E-state index is 6.25. The van der Waals surface area contributed by atoms with Crippen LogP contribution in [0.3, 0.4) is 0 Å². The molecule has 0 aromatic heterocycles. The lowest BCUT2D eigenvalue weighted by molar-refractivity contribution is 0.0951. The average molecular weight is 197 g/mol. The average Bonchev–Trinajstić information content (AvgIpc) is 2.12. The third-order valence-corrected chi connectivity index (χ3v) is 3.08. The van der Waals surface area contributed by atoms with Gasteiger partial charge >= 0.3 is 0 Å². The van der Waals surface area contributed by atoms with Crippen LogP contribution >= 0.6 is 11.6 Å². The second-order valence-corrected chi connectivity index (χ2v) is 4.06. The highest BCUT2D eigenvalue weighted by atomic mass is 35.5. The summed E-state index contributed by atoms with van der Waals surface area (Å²) >= 11 is 6.25. The van der Waals surface area contributed by atoms with E-state index in [-0.39, 0.29) is 0 Å². The van der Waals surface area contributed by atoms with Crippen LogP contribution in [0.25, 0.3) is 0 Å². The molecule has 0 radical (unpaired) electrons. The molecule has 1 aliphatic heterocycles. The zero-order valence-electron chi connectivity index (χ0n) is 7.93. The summed E-state index contributed by atoms with van der Waals surface area (Å²) in [5, 5.41) is 0.924. The van der Waals surface area contributed by atoms with Gasteiger partial charge in [-0.1, -0.05) is 30.7 Å². The van der Waals surface area contributed by atoms with Crippen molar-refractivity contribution in [3.05, 3.63) is 33.8 Å². The highest BCUT2D eigenvalue weighted by molar-refractivity contribution is 6.32. The monoisotopic (exact) mass is 196 g/mol. The number of hydrogen-bond donors (Lipinski definition) is 0. The van der Waals surface area contributed by atoms with E-state index >= 15 is 0 Å². The number of rotatable bonds is 0. The molecule has 0 amide bonds. The molecule has 1 unspecified atom stereocenters. The Morgan fingerprint density at radius 1 is 1.46 bits per heavy atom. The SMILES string of the molecule is Cc1ccc2c(c1Cl)C(C)COC2. The van der Waals surface area contributed by atoms with Crippen LogP contribution in [0.1, 0.15) is 29.5 Å². The van der Waals surface area contributed by atoms with Crippen LogP contribution in [0.2, 0.25) is 5.02 Å². The molecule has 1 atom stereocenters. The van der Waals surface area contributed by atoms with Gasteiger partial charge in [0.1, 0.15) is 0 Å². The van der Waals surface area contributed by atoms with Gasteiger partial charge in [-0.3, -0.25) is 0 Å². The molecule has 1 heterocycles. The lowest BCUT2D eigenvalue weighted by Gasteiger charge is -2.24. The predicted octanol–water partition coefficient (Wildman–Crippen LogP) is 3.28. The van der Waals surface area contributed by atoms with Crippen LogP contribution in [-0.2, 0) is 11.3 Å². The van der Waals surface area contributed by atoms with Crippen LogP contribution in [0.4, 0.5) is 0 Å². The minimum absolute atomic E-state index is 0.427. The van der Waals surface area contributed by atoms with Crippen LogP contribution in [0.15, 0.2) is 12.1 Å². The fourth-order valence-electron chi connectivity index (χ4n) is 1.83. The van der Waals surface area contributed by atoms with E-state index in [9.17, 15) is 0 Å². The number of aryl methyl sites for hydroxylation is 1. The number of ether oxygens (including phenoxy) is 1. The van der Waals surface area contributed by atoms with Crippen molar-refractivity contribution in [2.45, 2.75) is 26.4 Å². The first-order valence-electron chi connectivity index (χ1n) is 4.55. The molecule has 0 N–H and O–H groups in total. The van der Waals surface area contributed by atoms with Gasteiger partial charge < -0.3 is 4.74 Å². The van der Waals surface area contributed by atoms with Crippen molar-refractivity contribution in [3.63, 3.8) is 0 Å². The van der Waals surface area contributed by atoms with Gasteiger partial charge in [-0.05, 0) is 23.6 Å². The molecule has 0 aliphatic carbocycles. The molecule has 2 heteroatoms. The number of hydrogen-bond acceptors (Lipinski definition) is 1. The van der Waals surface area contributed by atoms with Crippen molar-refractivity contribution in [2.75, 3.05) is 6.61 Å². The molecule has 0 saturated heterocycles. The Bertz CT molecular complexity index is 333. The molecule has 1 nitrogen and oxygen atoms in total. The summed E-state index contributed by atoms with van der Waals surface area (Å²) in [5.41, 5.74) is 3.69. The largest absolute Gasteiger partial charge is 0.376 e. The van der Waals surface area contributed by atoms with E-state index in [0.29, 0.717) is 12.5 Å². The topological polar surface area (TPSA) is 9.23 Å². The molecule has 0 saturated carbocycles. The first kappa shape index (κ1) is 9.04. The zero-order chi connectivity index (χ0) is 9.42. The van der Waals surface area contributed by atoms with Gasteiger partial charge in [0.15, 0.2) is 0 Å². The summed E-state index contributed by atoms with van der Waals surface area (Å²) in [7, 11) is 0. The first-order chi connectivity index (χ1) is 6.20. The normalized spacial score (nSPS) is 21.3. The highest BCUT2D eigenvalue weighted by Crippen LogP contribution is 2.34. The molecule has 0 fully saturated rings. The van der Waals surface area contributed by atoms with Crippen molar-refractivity contribution >= 4 is 11.6 Å². The molecule has 1 aromatic rings. The Balaban J connectivity index is 2.58. The summed E-state index contributed by atoms with van der Waals surface area (Å²) in [6.45, 7) is 5.70. The fourth-order valence-corrected chi connectivity index (χ4v) is 2.20. The van der Waals surface area contributed by atoms with Gasteiger partial charge in [-0.15, -0.1) is 0 Å². The van der Waals surface area contributed by atoms with E-state index in [1.807, 2.05) is 6.92 Å². The van der Waals surface area contributed by atoms with E-state index in [2.05, 4.69) is 19.1 Å². The van der Waals surface area contributed by atoms with E-state index < -0.39 is 0 Å². The third-order valence-electron chi connectivity index (χ3n) is 2.58. The van der Waals surface area contributed by atoms with E-state index in [4.69, 9.17) is 16.3 Å². The van der Waals surface area contributed by atoms with Crippen molar-refractivity contribution in [3.8, 4) is 0 Å². The van der Waals surface area contributed by atoms with Gasteiger partial charge in [-0.25, -0.2) is 0 Å². The Labute approximate surface area is 83.7 Å². The standard InChI is InChI=1S/C11H13ClO/c1-7-3-4-9-6-13-5-8(2)10(9)11(7)12/h3-4,8H,5-6H2,1-2H3. The van der Waals surface area contributed by atoms with E-state index in [1.165, 1.54) is 11.1 Å². The van der Waals surface area contributed by atoms with E-state index in [1.54, 1.807) is 0 Å². The van der Waals surface area contributed by atoms with Gasteiger partial charge in [0.25, 0.3) is 0 Å². The van der Waals surface area contributed by atoms with Crippen LogP contribution < -0.4 is 0 Å². The first-order valence-corrected chi connectivity index (χ1v) is 4.93. The molecule has 0 bridgehead atoms. The van der Waals surface area contributed by atoms with Crippen molar-refractivity contribution in [1.29, 1.82) is 0 Å². The van der Waals surface area contributed by atoms with Crippen molar-refractivity contribution in [1.82, 2.24) is 0 Å². The Morgan fingerprint density at radius 3 is 3.00 bits per heavy atom. The predicted molar refractivity (Wildman–Crippen MR) is 54.3 cm³/mol. The second kappa shape index (κ2) is 3.32. The van der Waals surface area contributed by atoms with Crippen LogP contribution in [-0.4, -0.2) is 6.61 Å². The fraction of sp³-hybridized carbons (Fsp3) is 0.455. The Morgan fingerprint density at radius 2 is 2.23 bits per heavy atom. The molecular weight excluding hydrogens is 184 g/mol. The number of fused-ring (bicyclic) bond motifs is 1. The van der Waals surface area contributed by atoms with Gasteiger partial charge in [0, 0.05) is 10.9 Å². The summed E-state index contributed by atoms with van der Waals surface area (Å²) in [6, 6.07) is 4.18. The van der Waals surface area contributed by atoms with Crippen LogP contribution in [0, 0.1) is 6.92 Å². The highest BCUT2D eigenvalue weighted by Gasteiger charge is 2.20. The van der Waals surface area contributed by atoms with Crippen molar-refractivity contribution in [2.24, 2.45) is 0 Å². The second-order valence-electron chi connectivity index (χ2n) is 3.69. The molecule has 70 valence electrons. The lowest BCUT2D eigenvalue weighted by Crippen LogP contribution is -2.15. The Kier molecular flexibility index (Phi) is 2.31. The number of halogens is 1. The third kappa shape index (κ3) is 1.47. The summed E-state index contributed by atoms with van der Waals surface area (Å²) in [6.07, 6.45) is 0. The minimum atomic E-state index is 0.427. The maximum Gasteiger partial charge on any atom is 0.0720 e. The lowest BCUT2D eigenvalue weighted by atomic mass is 9.93. The summed E-state index contributed by atoms with van der Waals surface area (Å²) in [4.78, 5) is 0. The molecule has 1 aliphatic rings. The molecular formula is C11H13ClO. The van der Waals surface area contributed by atoms with Gasteiger partial charge in [-0.2, -0.15) is 0 Å². The molecule has 1 aromatic carbocycles. The smallest absolute Gasteiger partial charge is 0.0720 e. The summed E-state index contributed by atoms with van der Waals surface area (Å²) in [5.74, 6) is 0.427. The Hall–Kier alpha value is -0.530. The summed E-state index contributed by atoms with van der Waals surface area (Å²) < 4.78 is 5.44. The molecule has 13 heavy (non-hydrogen) atoms. The minimum Gasteiger partial charge on any atom is -0.376 e. The molecule has 0 spiro atoms. The zero-order valence-corrected chi connectivity index (χ0v) is 8.69. The maximum absolute atomic E-state index is 6.25. The van der Waals surface area contributed by atoms with Crippen molar-refractivity contribution < 1.29 is 4.74 Å². The van der Waals surface area contributed by atoms with Gasteiger partial charge in [0.2, 0.25) is 0 Å².